The Balaban J connectivity index is 2.72. The first-order valence-corrected chi connectivity index (χ1v) is 5.63. The lowest BCUT2D eigenvalue weighted by Crippen LogP contribution is -2.44. The second-order valence-corrected chi connectivity index (χ2v) is 3.65. The van der Waals surface area contributed by atoms with Gasteiger partial charge in [0.25, 0.3) is 0 Å². The van der Waals surface area contributed by atoms with Gasteiger partial charge in [0.05, 0.1) is 12.3 Å². The molecule has 1 atom stereocenters. The van der Waals surface area contributed by atoms with Crippen LogP contribution in [-0.2, 0) is 4.79 Å². The summed E-state index contributed by atoms with van der Waals surface area (Å²) >= 11 is 0. The lowest BCUT2D eigenvalue weighted by molar-refractivity contribution is -0.117. The van der Waals surface area contributed by atoms with Gasteiger partial charge in [-0.25, -0.2) is 4.79 Å². The Labute approximate surface area is 105 Å². The molecule has 0 aromatic heterocycles. The van der Waals surface area contributed by atoms with Crippen LogP contribution in [0.4, 0.5) is 10.5 Å². The Kier molecular flexibility index (Phi) is 4.98. The average Bonchev–Trinajstić information content (AvgIpc) is 2.31. The predicted octanol–water partition coefficient (Wildman–Crippen LogP) is 1.08. The van der Waals surface area contributed by atoms with E-state index >= 15 is 0 Å². The van der Waals surface area contributed by atoms with Gasteiger partial charge in [0.15, 0.2) is 0 Å². The highest BCUT2D eigenvalue weighted by molar-refractivity contribution is 5.97. The van der Waals surface area contributed by atoms with Gasteiger partial charge in [0.2, 0.25) is 5.91 Å². The Bertz CT molecular complexity index is 434. The highest BCUT2D eigenvalue weighted by atomic mass is 16.5. The minimum absolute atomic E-state index is 0.360. The molecule has 6 heteroatoms. The van der Waals surface area contributed by atoms with E-state index in [9.17, 15) is 9.59 Å². The van der Waals surface area contributed by atoms with Crippen LogP contribution in [0.5, 0.6) is 5.75 Å². The van der Waals surface area contributed by atoms with Crippen molar-refractivity contribution >= 4 is 17.6 Å². The maximum absolute atomic E-state index is 11.8. The quantitative estimate of drug-likeness (QED) is 0.731. The number of hydrogen-bond acceptors (Lipinski definition) is 3. The topological polar surface area (TPSA) is 93.4 Å². The second kappa shape index (κ2) is 6.48. The molecule has 3 amide bonds. The minimum atomic E-state index is -0.740. The smallest absolute Gasteiger partial charge is 0.312 e. The van der Waals surface area contributed by atoms with Crippen molar-refractivity contribution in [3.8, 4) is 5.75 Å². The molecule has 0 radical (unpaired) electrons. The molecule has 0 fully saturated rings. The largest absolute Gasteiger partial charge is 0.492 e. The fourth-order valence-electron chi connectivity index (χ4n) is 1.37. The van der Waals surface area contributed by atoms with Crippen LogP contribution in [0.1, 0.15) is 13.8 Å². The Hall–Kier alpha value is -2.24. The third kappa shape index (κ3) is 3.97. The third-order valence-corrected chi connectivity index (χ3v) is 2.20. The summed E-state index contributed by atoms with van der Waals surface area (Å²) in [4.78, 5) is 22.4. The lowest BCUT2D eigenvalue weighted by atomic mass is 10.2. The molecule has 1 unspecified atom stereocenters. The van der Waals surface area contributed by atoms with Crippen LogP contribution in [0, 0.1) is 0 Å². The van der Waals surface area contributed by atoms with E-state index in [0.29, 0.717) is 18.0 Å². The van der Waals surface area contributed by atoms with E-state index in [2.05, 4.69) is 10.6 Å². The number of primary amides is 1. The van der Waals surface area contributed by atoms with Crippen LogP contribution in [-0.4, -0.2) is 24.6 Å². The fourth-order valence-corrected chi connectivity index (χ4v) is 1.37. The number of ether oxygens (including phenoxy) is 1. The summed E-state index contributed by atoms with van der Waals surface area (Å²) in [6.45, 7) is 3.90. The number of urea groups is 1. The number of nitrogens with two attached hydrogens (primary N) is 1. The molecule has 98 valence electrons. The number of amides is 3. The summed E-state index contributed by atoms with van der Waals surface area (Å²) in [6.07, 6.45) is 0. The van der Waals surface area contributed by atoms with Crippen molar-refractivity contribution in [2.24, 2.45) is 5.73 Å². The first-order valence-electron chi connectivity index (χ1n) is 5.63. The average molecular weight is 251 g/mol. The molecule has 0 aliphatic rings. The second-order valence-electron chi connectivity index (χ2n) is 3.65. The van der Waals surface area contributed by atoms with Crippen LogP contribution in [0.3, 0.4) is 0 Å². The Morgan fingerprint density at radius 1 is 1.39 bits per heavy atom. The van der Waals surface area contributed by atoms with E-state index in [-0.39, 0.29) is 5.91 Å². The fraction of sp³-hybridized carbons (Fsp3) is 0.333. The number of nitrogens with one attached hydrogen (secondary N) is 2. The van der Waals surface area contributed by atoms with Gasteiger partial charge in [-0.3, -0.25) is 4.79 Å². The van der Waals surface area contributed by atoms with Crippen molar-refractivity contribution in [1.29, 1.82) is 0 Å². The van der Waals surface area contributed by atoms with Crippen LogP contribution in [0.15, 0.2) is 24.3 Å². The van der Waals surface area contributed by atoms with Crippen LogP contribution in [0.25, 0.3) is 0 Å². The summed E-state index contributed by atoms with van der Waals surface area (Å²) < 4.78 is 5.37. The molecule has 0 saturated carbocycles. The number of para-hydroxylation sites is 2. The van der Waals surface area contributed by atoms with E-state index in [0.717, 1.165) is 0 Å². The van der Waals surface area contributed by atoms with Gasteiger partial charge in [0.1, 0.15) is 11.8 Å². The predicted molar refractivity (Wildman–Crippen MR) is 68.4 cm³/mol. The molecule has 1 rings (SSSR count). The van der Waals surface area contributed by atoms with Gasteiger partial charge in [-0.15, -0.1) is 0 Å². The molecule has 4 N–H and O–H groups in total. The van der Waals surface area contributed by atoms with Crippen molar-refractivity contribution in [2.45, 2.75) is 19.9 Å². The zero-order chi connectivity index (χ0) is 13.5. The van der Waals surface area contributed by atoms with Gasteiger partial charge in [0, 0.05) is 0 Å². The lowest BCUT2D eigenvalue weighted by Gasteiger charge is -2.15. The number of hydrogen-bond donors (Lipinski definition) is 3. The standard InChI is InChI=1S/C12H17N3O3/c1-3-18-10-7-5-4-6-9(10)15-11(16)8(2)14-12(13)17/h4-8H,3H2,1-2H3,(H,15,16)(H3,13,14,17). The molecule has 0 aliphatic heterocycles. The van der Waals surface area contributed by atoms with Crippen molar-refractivity contribution in [3.05, 3.63) is 24.3 Å². The summed E-state index contributed by atoms with van der Waals surface area (Å²) in [7, 11) is 0. The van der Waals surface area contributed by atoms with Crippen LogP contribution in [0.2, 0.25) is 0 Å². The summed E-state index contributed by atoms with van der Waals surface area (Å²) in [5.41, 5.74) is 5.51. The maximum Gasteiger partial charge on any atom is 0.312 e. The molecule has 0 spiro atoms. The minimum Gasteiger partial charge on any atom is -0.492 e. The SMILES string of the molecule is CCOc1ccccc1NC(=O)C(C)NC(N)=O. The van der Waals surface area contributed by atoms with E-state index in [1.54, 1.807) is 25.1 Å². The van der Waals surface area contributed by atoms with Crippen molar-refractivity contribution in [1.82, 2.24) is 5.32 Å². The zero-order valence-electron chi connectivity index (χ0n) is 10.4. The zero-order valence-corrected chi connectivity index (χ0v) is 10.4. The molecule has 1 aromatic carbocycles. The summed E-state index contributed by atoms with van der Waals surface area (Å²) in [6, 6.07) is 5.62. The maximum atomic E-state index is 11.8. The van der Waals surface area contributed by atoms with Crippen molar-refractivity contribution in [2.75, 3.05) is 11.9 Å². The first-order chi connectivity index (χ1) is 8.54. The molecule has 1 aromatic rings. The monoisotopic (exact) mass is 251 g/mol. The molecule has 6 nitrogen and oxygen atoms in total. The normalized spacial score (nSPS) is 11.4. The van der Waals surface area contributed by atoms with Gasteiger partial charge in [-0.1, -0.05) is 12.1 Å². The van der Waals surface area contributed by atoms with Crippen molar-refractivity contribution in [3.63, 3.8) is 0 Å². The highest BCUT2D eigenvalue weighted by Gasteiger charge is 2.15. The van der Waals surface area contributed by atoms with Gasteiger partial charge < -0.3 is 21.1 Å². The van der Waals surface area contributed by atoms with E-state index in [4.69, 9.17) is 10.5 Å². The molecule has 0 aliphatic carbocycles. The Morgan fingerprint density at radius 2 is 2.06 bits per heavy atom. The molecular formula is C12H17N3O3. The molecular weight excluding hydrogens is 234 g/mol. The van der Waals surface area contributed by atoms with Gasteiger partial charge in [-0.2, -0.15) is 0 Å². The first kappa shape index (κ1) is 13.8. The number of benzene rings is 1. The third-order valence-electron chi connectivity index (χ3n) is 2.20. The summed E-state index contributed by atoms with van der Waals surface area (Å²) in [5, 5.41) is 4.97. The van der Waals surface area contributed by atoms with E-state index in [1.165, 1.54) is 0 Å². The Morgan fingerprint density at radius 3 is 2.67 bits per heavy atom. The number of rotatable bonds is 5. The molecule has 18 heavy (non-hydrogen) atoms. The van der Waals surface area contributed by atoms with E-state index in [1.807, 2.05) is 13.0 Å². The molecule has 0 heterocycles. The highest BCUT2D eigenvalue weighted by Crippen LogP contribution is 2.23. The van der Waals surface area contributed by atoms with Gasteiger partial charge in [-0.05, 0) is 26.0 Å². The molecule has 0 bridgehead atoms. The summed E-state index contributed by atoms with van der Waals surface area (Å²) in [5.74, 6) is 0.223. The number of carbonyl (C=O) groups excluding carboxylic acids is 2. The van der Waals surface area contributed by atoms with Crippen LogP contribution < -0.4 is 21.1 Å². The van der Waals surface area contributed by atoms with E-state index < -0.39 is 12.1 Å². The van der Waals surface area contributed by atoms with Crippen molar-refractivity contribution < 1.29 is 14.3 Å². The molecule has 0 saturated heterocycles. The number of carbonyl (C=O) groups is 2. The number of anilines is 1. The van der Waals surface area contributed by atoms with Gasteiger partial charge >= 0.3 is 6.03 Å². The van der Waals surface area contributed by atoms with Crippen LogP contribution >= 0.6 is 0 Å².